The fraction of sp³-hybridized carbons (Fsp3) is 0.179. The van der Waals surface area contributed by atoms with Crippen molar-refractivity contribution in [3.8, 4) is 22.4 Å². The zero-order valence-electron chi connectivity index (χ0n) is 19.2. The van der Waals surface area contributed by atoms with E-state index < -0.39 is 0 Å². The molecular formula is C28H28N4O. The largest absolute Gasteiger partial charge is 0.289 e. The van der Waals surface area contributed by atoms with Crippen LogP contribution in [-0.2, 0) is 6.42 Å². The maximum Gasteiger partial charge on any atom is 0.289 e. The van der Waals surface area contributed by atoms with Crippen LogP contribution < -0.4 is 5.43 Å². The molecule has 0 atom stereocenters. The molecule has 0 aliphatic heterocycles. The van der Waals surface area contributed by atoms with Crippen LogP contribution in [0.15, 0.2) is 90.0 Å². The number of benzene rings is 3. The lowest BCUT2D eigenvalue weighted by atomic mass is 10.0. The lowest BCUT2D eigenvalue weighted by molar-refractivity contribution is 0.0950. The van der Waals surface area contributed by atoms with Gasteiger partial charge in [0, 0.05) is 5.56 Å². The predicted octanol–water partition coefficient (Wildman–Crippen LogP) is 6.10. The van der Waals surface area contributed by atoms with Crippen molar-refractivity contribution in [3.05, 3.63) is 102 Å². The molecule has 0 unspecified atom stereocenters. The average molecular weight is 437 g/mol. The van der Waals surface area contributed by atoms with Crippen LogP contribution in [0.2, 0.25) is 0 Å². The molecular weight excluding hydrogens is 408 g/mol. The molecule has 0 spiro atoms. The van der Waals surface area contributed by atoms with E-state index in [4.69, 9.17) is 0 Å². The molecule has 166 valence electrons. The first-order valence-electron chi connectivity index (χ1n) is 11.1. The molecule has 5 heteroatoms. The molecule has 4 aromatic rings. The summed E-state index contributed by atoms with van der Waals surface area (Å²) in [6.07, 6.45) is 1.04. The second kappa shape index (κ2) is 10.1. The first-order chi connectivity index (χ1) is 16.0. The Kier molecular flexibility index (Phi) is 6.79. The number of H-pyrrole nitrogens is 1. The Morgan fingerprint density at radius 3 is 2.21 bits per heavy atom. The van der Waals surface area contributed by atoms with Crippen LogP contribution in [0.25, 0.3) is 22.4 Å². The molecule has 1 heterocycles. The van der Waals surface area contributed by atoms with Crippen molar-refractivity contribution in [2.45, 2.75) is 27.2 Å². The molecule has 0 aliphatic rings. The predicted molar refractivity (Wildman–Crippen MR) is 134 cm³/mol. The fourth-order valence-corrected chi connectivity index (χ4v) is 3.66. The molecule has 0 aliphatic carbocycles. The fourth-order valence-electron chi connectivity index (χ4n) is 3.66. The molecule has 4 rings (SSSR count). The number of aromatic amines is 1. The summed E-state index contributed by atoms with van der Waals surface area (Å²) in [5.41, 5.74) is 9.95. The SMILES string of the molecule is C/C(=N/NC(=O)c1cc(-c2ccc(CC(C)C)cc2)n[nH]1)c1ccc(-c2ccccc2)cc1. The number of rotatable bonds is 7. The van der Waals surface area contributed by atoms with E-state index in [1.165, 1.54) is 5.56 Å². The zero-order chi connectivity index (χ0) is 23.2. The number of nitrogens with zero attached hydrogens (tertiary/aromatic N) is 2. The summed E-state index contributed by atoms with van der Waals surface area (Å²) in [6, 6.07) is 28.4. The van der Waals surface area contributed by atoms with Gasteiger partial charge in [0.05, 0.1) is 11.4 Å². The molecule has 0 saturated carbocycles. The van der Waals surface area contributed by atoms with Gasteiger partial charge < -0.3 is 0 Å². The topological polar surface area (TPSA) is 70.1 Å². The van der Waals surface area contributed by atoms with Gasteiger partial charge in [0.2, 0.25) is 0 Å². The first-order valence-corrected chi connectivity index (χ1v) is 11.1. The summed E-state index contributed by atoms with van der Waals surface area (Å²) in [5.74, 6) is 0.285. The summed E-state index contributed by atoms with van der Waals surface area (Å²) < 4.78 is 0. The van der Waals surface area contributed by atoms with Gasteiger partial charge in [-0.3, -0.25) is 9.89 Å². The van der Waals surface area contributed by atoms with Gasteiger partial charge in [0.25, 0.3) is 5.91 Å². The number of hydrogen-bond donors (Lipinski definition) is 2. The third-order valence-electron chi connectivity index (χ3n) is 5.45. The van der Waals surface area contributed by atoms with Crippen LogP contribution in [0.5, 0.6) is 0 Å². The minimum Gasteiger partial charge on any atom is -0.272 e. The average Bonchev–Trinajstić information content (AvgIpc) is 3.33. The zero-order valence-corrected chi connectivity index (χ0v) is 19.2. The standard InChI is InChI=1S/C28H28N4O/c1-19(2)17-21-9-11-25(12-10-21)26-18-27(31-30-26)28(33)32-29-20(3)22-13-15-24(16-14-22)23-7-5-4-6-8-23/h4-16,18-19H,17H2,1-3H3,(H,30,31)(H,32,33)/b29-20-. The van der Waals surface area contributed by atoms with Crippen molar-refractivity contribution in [2.75, 3.05) is 0 Å². The van der Waals surface area contributed by atoms with Gasteiger partial charge in [-0.1, -0.05) is 92.7 Å². The van der Waals surface area contributed by atoms with Crippen LogP contribution >= 0.6 is 0 Å². The molecule has 1 amide bonds. The van der Waals surface area contributed by atoms with E-state index in [1.54, 1.807) is 6.07 Å². The Morgan fingerprint density at radius 1 is 0.909 bits per heavy atom. The third kappa shape index (κ3) is 5.63. The lowest BCUT2D eigenvalue weighted by Crippen LogP contribution is -2.19. The molecule has 33 heavy (non-hydrogen) atoms. The van der Waals surface area contributed by atoms with Crippen LogP contribution in [0, 0.1) is 5.92 Å². The molecule has 1 aromatic heterocycles. The van der Waals surface area contributed by atoms with Crippen LogP contribution in [-0.4, -0.2) is 21.8 Å². The number of nitrogens with one attached hydrogen (secondary N) is 2. The maximum absolute atomic E-state index is 12.6. The van der Waals surface area contributed by atoms with Gasteiger partial charge in [0.15, 0.2) is 0 Å². The highest BCUT2D eigenvalue weighted by molar-refractivity contribution is 6.01. The Morgan fingerprint density at radius 2 is 1.55 bits per heavy atom. The van der Waals surface area contributed by atoms with Crippen molar-refractivity contribution in [3.63, 3.8) is 0 Å². The van der Waals surface area contributed by atoms with E-state index >= 15 is 0 Å². The smallest absolute Gasteiger partial charge is 0.272 e. The van der Waals surface area contributed by atoms with Crippen LogP contribution in [0.3, 0.4) is 0 Å². The van der Waals surface area contributed by atoms with Crippen LogP contribution in [0.1, 0.15) is 42.4 Å². The number of carbonyl (C=O) groups is 1. The monoisotopic (exact) mass is 436 g/mol. The van der Waals surface area contributed by atoms with E-state index in [2.05, 4.69) is 71.0 Å². The van der Waals surface area contributed by atoms with Crippen molar-refractivity contribution >= 4 is 11.6 Å². The summed E-state index contributed by atoms with van der Waals surface area (Å²) in [4.78, 5) is 12.6. The summed E-state index contributed by atoms with van der Waals surface area (Å²) in [7, 11) is 0. The number of carbonyl (C=O) groups excluding carboxylic acids is 1. The molecule has 5 nitrogen and oxygen atoms in total. The lowest BCUT2D eigenvalue weighted by Gasteiger charge is -2.05. The van der Waals surface area contributed by atoms with E-state index in [1.807, 2.05) is 49.4 Å². The minimum atomic E-state index is -0.328. The Hall–Kier alpha value is -3.99. The molecule has 0 saturated heterocycles. The second-order valence-electron chi connectivity index (χ2n) is 8.54. The number of amides is 1. The number of hydrogen-bond acceptors (Lipinski definition) is 3. The van der Waals surface area contributed by atoms with Gasteiger partial charge in [-0.25, -0.2) is 5.43 Å². The van der Waals surface area contributed by atoms with Crippen molar-refractivity contribution < 1.29 is 4.79 Å². The highest BCUT2D eigenvalue weighted by Crippen LogP contribution is 2.21. The highest BCUT2D eigenvalue weighted by Gasteiger charge is 2.11. The molecule has 0 bridgehead atoms. The minimum absolute atomic E-state index is 0.328. The van der Waals surface area contributed by atoms with Gasteiger partial charge in [-0.2, -0.15) is 10.2 Å². The van der Waals surface area contributed by atoms with Crippen molar-refractivity contribution in [1.82, 2.24) is 15.6 Å². The third-order valence-corrected chi connectivity index (χ3v) is 5.45. The van der Waals surface area contributed by atoms with Gasteiger partial charge in [-0.05, 0) is 47.6 Å². The number of aromatic nitrogens is 2. The normalized spacial score (nSPS) is 11.6. The Bertz CT molecular complexity index is 1240. The van der Waals surface area contributed by atoms with Gasteiger partial charge in [-0.15, -0.1) is 0 Å². The van der Waals surface area contributed by atoms with Gasteiger partial charge >= 0.3 is 0 Å². The quantitative estimate of drug-likeness (QED) is 0.272. The van der Waals surface area contributed by atoms with Crippen molar-refractivity contribution in [2.24, 2.45) is 11.0 Å². The molecule has 0 radical (unpaired) electrons. The molecule has 3 aromatic carbocycles. The first kappa shape index (κ1) is 22.2. The Balaban J connectivity index is 1.40. The summed E-state index contributed by atoms with van der Waals surface area (Å²) >= 11 is 0. The van der Waals surface area contributed by atoms with E-state index in [9.17, 15) is 4.79 Å². The molecule has 0 fully saturated rings. The van der Waals surface area contributed by atoms with Gasteiger partial charge in [0.1, 0.15) is 5.69 Å². The summed E-state index contributed by atoms with van der Waals surface area (Å²) in [6.45, 7) is 6.28. The highest BCUT2D eigenvalue weighted by atomic mass is 16.2. The molecule has 2 N–H and O–H groups in total. The van der Waals surface area contributed by atoms with E-state index in [0.29, 0.717) is 11.6 Å². The number of hydrazone groups is 1. The van der Waals surface area contributed by atoms with Crippen LogP contribution in [0.4, 0.5) is 0 Å². The summed E-state index contributed by atoms with van der Waals surface area (Å²) in [5, 5.41) is 11.4. The van der Waals surface area contributed by atoms with E-state index in [0.717, 1.165) is 40.1 Å². The van der Waals surface area contributed by atoms with E-state index in [-0.39, 0.29) is 5.91 Å². The maximum atomic E-state index is 12.6. The second-order valence-corrected chi connectivity index (χ2v) is 8.54. The van der Waals surface area contributed by atoms with Crippen molar-refractivity contribution in [1.29, 1.82) is 0 Å². The Labute approximate surface area is 194 Å².